The molecule has 0 unspecified atom stereocenters. The molecule has 0 fully saturated rings. The quantitative estimate of drug-likeness (QED) is 0.863. The summed E-state index contributed by atoms with van der Waals surface area (Å²) in [7, 11) is 0. The average molecular weight is 280 g/mol. The first-order valence-electron chi connectivity index (χ1n) is 6.25. The van der Waals surface area contributed by atoms with Crippen LogP contribution in [0.4, 0.5) is 11.7 Å². The van der Waals surface area contributed by atoms with Crippen LogP contribution in [0.3, 0.4) is 0 Å². The molecular weight excluding hydrogens is 262 g/mol. The summed E-state index contributed by atoms with van der Waals surface area (Å²) in [5.74, 6) is 1.02. The van der Waals surface area contributed by atoms with Gasteiger partial charge in [-0.1, -0.05) is 44.1 Å². The number of hydrogen-bond acceptors (Lipinski definition) is 4. The number of alkyl halides is 1. The molecule has 0 saturated carbocycles. The lowest BCUT2D eigenvalue weighted by atomic mass is 9.86. The van der Waals surface area contributed by atoms with Crippen molar-refractivity contribution in [1.29, 1.82) is 0 Å². The molecule has 2 aromatic rings. The Balaban J connectivity index is 2.23. The summed E-state index contributed by atoms with van der Waals surface area (Å²) in [6, 6.07) is 8.51. The highest BCUT2D eigenvalue weighted by molar-refractivity contribution is 6.17. The summed E-state index contributed by atoms with van der Waals surface area (Å²) in [6.45, 7) is 6.50. The normalized spacial score (nSPS) is 11.6. The minimum absolute atomic E-state index is 0.0442. The van der Waals surface area contributed by atoms with Gasteiger partial charge < -0.3 is 9.73 Å². The number of hydrogen-bond donors (Lipinski definition) is 1. The third-order valence-electron chi connectivity index (χ3n) is 2.75. The molecule has 0 spiro atoms. The van der Waals surface area contributed by atoms with Crippen LogP contribution in [-0.4, -0.2) is 16.1 Å². The number of aromatic nitrogens is 2. The molecule has 2 rings (SSSR count). The van der Waals surface area contributed by atoms with Gasteiger partial charge >= 0.3 is 6.01 Å². The minimum atomic E-state index is 0.0442. The lowest BCUT2D eigenvalue weighted by Crippen LogP contribution is -2.13. The van der Waals surface area contributed by atoms with Crippen molar-refractivity contribution >= 4 is 23.3 Å². The van der Waals surface area contributed by atoms with E-state index < -0.39 is 0 Å². The predicted octanol–water partition coefficient (Wildman–Crippen LogP) is 3.89. The van der Waals surface area contributed by atoms with Crippen LogP contribution in [0.15, 0.2) is 28.7 Å². The van der Waals surface area contributed by atoms with E-state index in [4.69, 9.17) is 16.0 Å². The monoisotopic (exact) mass is 279 g/mol. The van der Waals surface area contributed by atoms with Crippen molar-refractivity contribution in [3.8, 4) is 0 Å². The van der Waals surface area contributed by atoms with Crippen molar-refractivity contribution in [2.24, 2.45) is 0 Å². The maximum absolute atomic E-state index is 5.64. The molecule has 0 amide bonds. The fourth-order valence-corrected chi connectivity index (χ4v) is 2.01. The van der Waals surface area contributed by atoms with Gasteiger partial charge in [0.1, 0.15) is 0 Å². The van der Waals surface area contributed by atoms with Crippen LogP contribution in [0.1, 0.15) is 32.2 Å². The van der Waals surface area contributed by atoms with E-state index >= 15 is 0 Å². The zero-order valence-corrected chi connectivity index (χ0v) is 12.2. The van der Waals surface area contributed by atoms with Crippen molar-refractivity contribution in [2.45, 2.75) is 32.6 Å². The third-order valence-corrected chi connectivity index (χ3v) is 2.94. The van der Waals surface area contributed by atoms with Gasteiger partial charge in [0.2, 0.25) is 5.89 Å². The fraction of sp³-hybridized carbons (Fsp3) is 0.429. The summed E-state index contributed by atoms with van der Waals surface area (Å²) in [5, 5.41) is 11.1. The maximum Gasteiger partial charge on any atom is 0.320 e. The van der Waals surface area contributed by atoms with E-state index in [2.05, 4.69) is 42.4 Å². The number of nitrogens with one attached hydrogen (secondary N) is 1. The predicted molar refractivity (Wildman–Crippen MR) is 77.1 cm³/mol. The van der Waals surface area contributed by atoms with E-state index in [1.54, 1.807) is 0 Å². The zero-order valence-electron chi connectivity index (χ0n) is 11.4. The highest BCUT2D eigenvalue weighted by Gasteiger charge is 2.18. The Morgan fingerprint density at radius 1 is 1.21 bits per heavy atom. The first-order chi connectivity index (χ1) is 9.00. The van der Waals surface area contributed by atoms with Crippen molar-refractivity contribution in [3.05, 3.63) is 35.7 Å². The summed E-state index contributed by atoms with van der Waals surface area (Å²) < 4.78 is 5.48. The molecule has 0 aliphatic carbocycles. The highest BCUT2D eigenvalue weighted by atomic mass is 35.5. The van der Waals surface area contributed by atoms with E-state index in [9.17, 15) is 0 Å². The van der Waals surface area contributed by atoms with Gasteiger partial charge in [0.25, 0.3) is 0 Å². The second-order valence-corrected chi connectivity index (χ2v) is 5.74. The van der Waals surface area contributed by atoms with E-state index in [-0.39, 0.29) is 5.41 Å². The van der Waals surface area contributed by atoms with Crippen LogP contribution in [0.2, 0.25) is 0 Å². The molecule has 102 valence electrons. The van der Waals surface area contributed by atoms with Crippen molar-refractivity contribution in [2.75, 3.05) is 11.2 Å². The van der Waals surface area contributed by atoms with E-state index in [0.717, 1.165) is 5.69 Å². The molecule has 1 N–H and O–H groups in total. The van der Waals surface area contributed by atoms with Crippen molar-refractivity contribution in [1.82, 2.24) is 10.2 Å². The summed E-state index contributed by atoms with van der Waals surface area (Å²) in [4.78, 5) is 0. The molecule has 5 heteroatoms. The Bertz CT molecular complexity index is 546. The SMILES string of the molecule is CC(C)(C)c1ccccc1Nc1nnc(CCCl)o1. The number of rotatable bonds is 4. The summed E-state index contributed by atoms with van der Waals surface area (Å²) >= 11 is 5.64. The van der Waals surface area contributed by atoms with Gasteiger partial charge in [-0.25, -0.2) is 0 Å². The lowest BCUT2D eigenvalue weighted by molar-refractivity contribution is 0.516. The molecule has 0 aliphatic heterocycles. The van der Waals surface area contributed by atoms with Crippen molar-refractivity contribution < 1.29 is 4.42 Å². The van der Waals surface area contributed by atoms with Crippen LogP contribution < -0.4 is 5.32 Å². The second kappa shape index (κ2) is 5.61. The molecule has 0 aliphatic rings. The van der Waals surface area contributed by atoms with Crippen LogP contribution in [0.25, 0.3) is 0 Å². The lowest BCUT2D eigenvalue weighted by Gasteiger charge is -2.22. The Morgan fingerprint density at radius 3 is 2.63 bits per heavy atom. The molecule has 1 aromatic carbocycles. The van der Waals surface area contributed by atoms with Crippen LogP contribution >= 0.6 is 11.6 Å². The Kier molecular flexibility index (Phi) is 4.10. The van der Waals surface area contributed by atoms with Crippen LogP contribution in [-0.2, 0) is 11.8 Å². The van der Waals surface area contributed by atoms with E-state index in [1.807, 2.05) is 18.2 Å². The van der Waals surface area contributed by atoms with Gasteiger partial charge in [0.05, 0.1) is 0 Å². The number of para-hydroxylation sites is 1. The number of halogens is 1. The van der Waals surface area contributed by atoms with Crippen LogP contribution in [0.5, 0.6) is 0 Å². The van der Waals surface area contributed by atoms with Crippen molar-refractivity contribution in [3.63, 3.8) is 0 Å². The average Bonchev–Trinajstić information content (AvgIpc) is 2.76. The van der Waals surface area contributed by atoms with Gasteiger partial charge in [-0.2, -0.15) is 0 Å². The van der Waals surface area contributed by atoms with Gasteiger partial charge in [-0.3, -0.25) is 0 Å². The highest BCUT2D eigenvalue weighted by Crippen LogP contribution is 2.30. The smallest absolute Gasteiger partial charge is 0.320 e. The molecular formula is C14H18ClN3O. The van der Waals surface area contributed by atoms with Gasteiger partial charge in [0.15, 0.2) is 0 Å². The topological polar surface area (TPSA) is 51.0 Å². The molecule has 4 nitrogen and oxygen atoms in total. The Morgan fingerprint density at radius 2 is 1.95 bits per heavy atom. The molecule has 0 atom stereocenters. The first kappa shape index (κ1) is 13.9. The number of benzene rings is 1. The molecule has 0 bridgehead atoms. The van der Waals surface area contributed by atoms with Gasteiger partial charge in [-0.15, -0.1) is 16.7 Å². The maximum atomic E-state index is 5.64. The first-order valence-corrected chi connectivity index (χ1v) is 6.79. The number of aryl methyl sites for hydroxylation is 1. The molecule has 19 heavy (non-hydrogen) atoms. The Labute approximate surface area is 118 Å². The Hall–Kier alpha value is -1.55. The molecule has 1 aromatic heterocycles. The summed E-state index contributed by atoms with van der Waals surface area (Å²) in [5.41, 5.74) is 2.23. The minimum Gasteiger partial charge on any atom is -0.408 e. The molecule has 0 radical (unpaired) electrons. The van der Waals surface area contributed by atoms with E-state index in [0.29, 0.717) is 24.2 Å². The summed E-state index contributed by atoms with van der Waals surface area (Å²) in [6.07, 6.45) is 0.581. The number of anilines is 2. The van der Waals surface area contributed by atoms with Gasteiger partial charge in [-0.05, 0) is 17.0 Å². The van der Waals surface area contributed by atoms with Crippen LogP contribution in [0, 0.1) is 0 Å². The zero-order chi connectivity index (χ0) is 13.9. The third kappa shape index (κ3) is 3.47. The fourth-order valence-electron chi connectivity index (χ4n) is 1.85. The second-order valence-electron chi connectivity index (χ2n) is 5.36. The molecule has 0 saturated heterocycles. The standard InChI is InChI=1S/C14H18ClN3O/c1-14(2,3)10-6-4-5-7-11(10)16-13-18-17-12(19-13)8-9-15/h4-7H,8-9H2,1-3H3,(H,16,18). The number of nitrogens with zero attached hydrogens (tertiary/aromatic N) is 2. The largest absolute Gasteiger partial charge is 0.408 e. The van der Waals surface area contributed by atoms with E-state index in [1.165, 1.54) is 5.56 Å². The van der Waals surface area contributed by atoms with Gasteiger partial charge in [0, 0.05) is 18.0 Å². The molecule has 1 heterocycles.